The number of nitrogen functional groups attached to an aromatic ring is 1. The summed E-state index contributed by atoms with van der Waals surface area (Å²) in [6.45, 7) is 2.89. The van der Waals surface area contributed by atoms with E-state index in [1.165, 1.54) is 24.2 Å². The van der Waals surface area contributed by atoms with Crippen molar-refractivity contribution >= 4 is 44.6 Å². The number of nitrogens with two attached hydrogens (primary N) is 1. The molecule has 2 aromatic rings. The van der Waals surface area contributed by atoms with Crippen molar-refractivity contribution in [3.8, 4) is 0 Å². The topological polar surface area (TPSA) is 55.1 Å². The number of hydrogen-bond donors (Lipinski definition) is 2. The van der Waals surface area contributed by atoms with Gasteiger partial charge in [0.25, 0.3) is 5.91 Å². The quantitative estimate of drug-likeness (QED) is 0.907. The lowest BCUT2D eigenvalue weighted by Crippen LogP contribution is -2.28. The third-order valence-electron chi connectivity index (χ3n) is 3.69. The van der Waals surface area contributed by atoms with Crippen molar-refractivity contribution in [3.63, 3.8) is 0 Å². The second-order valence-electron chi connectivity index (χ2n) is 5.45. The molecule has 19 heavy (non-hydrogen) atoms. The molecule has 0 spiro atoms. The van der Waals surface area contributed by atoms with Crippen LogP contribution in [0.25, 0.3) is 10.1 Å². The number of carbonyl (C=O) groups excluding carboxylic acids is 1. The highest BCUT2D eigenvalue weighted by molar-refractivity contribution is 7.21. The molecule has 0 unspecified atom stereocenters. The minimum absolute atomic E-state index is 0.0945. The molecule has 1 fully saturated rings. The van der Waals surface area contributed by atoms with Crippen LogP contribution in [0.2, 0.25) is 5.02 Å². The van der Waals surface area contributed by atoms with Crippen LogP contribution >= 0.6 is 22.9 Å². The predicted molar refractivity (Wildman–Crippen MR) is 80.9 cm³/mol. The molecule has 0 radical (unpaired) electrons. The summed E-state index contributed by atoms with van der Waals surface area (Å²) < 4.78 is 0.952. The van der Waals surface area contributed by atoms with Crippen molar-refractivity contribution < 1.29 is 4.79 Å². The first kappa shape index (κ1) is 12.8. The highest BCUT2D eigenvalue weighted by atomic mass is 35.5. The van der Waals surface area contributed by atoms with Crippen LogP contribution in [0.5, 0.6) is 0 Å². The van der Waals surface area contributed by atoms with Crippen molar-refractivity contribution in [1.82, 2.24) is 5.32 Å². The van der Waals surface area contributed by atoms with Crippen molar-refractivity contribution in [3.05, 3.63) is 28.1 Å². The summed E-state index contributed by atoms with van der Waals surface area (Å²) in [6.07, 6.45) is 2.36. The molecule has 1 aliphatic carbocycles. The van der Waals surface area contributed by atoms with E-state index in [9.17, 15) is 4.79 Å². The lowest BCUT2D eigenvalue weighted by Gasteiger charge is -2.09. The summed E-state index contributed by atoms with van der Waals surface area (Å²) in [4.78, 5) is 12.8. The molecule has 5 heteroatoms. The van der Waals surface area contributed by atoms with E-state index in [1.807, 2.05) is 12.1 Å². The molecule has 3 rings (SSSR count). The SMILES string of the molecule is CC1(CNC(=O)c2sc3cccc(Cl)c3c2N)CC1. The summed E-state index contributed by atoms with van der Waals surface area (Å²) in [6, 6.07) is 5.59. The van der Waals surface area contributed by atoms with Gasteiger partial charge in [0.1, 0.15) is 4.88 Å². The Bertz CT molecular complexity index is 661. The van der Waals surface area contributed by atoms with E-state index in [4.69, 9.17) is 17.3 Å². The largest absolute Gasteiger partial charge is 0.397 e. The summed E-state index contributed by atoms with van der Waals surface area (Å²) in [7, 11) is 0. The van der Waals surface area contributed by atoms with E-state index in [-0.39, 0.29) is 5.91 Å². The van der Waals surface area contributed by atoms with E-state index in [2.05, 4.69) is 12.2 Å². The highest BCUT2D eigenvalue weighted by Crippen LogP contribution is 2.44. The zero-order chi connectivity index (χ0) is 13.6. The van der Waals surface area contributed by atoms with Crippen LogP contribution in [0, 0.1) is 5.41 Å². The molecule has 0 atom stereocenters. The fourth-order valence-corrected chi connectivity index (χ4v) is 3.46. The minimum Gasteiger partial charge on any atom is -0.397 e. The number of halogens is 1. The normalized spacial score (nSPS) is 16.5. The lowest BCUT2D eigenvalue weighted by molar-refractivity contribution is 0.0951. The molecular formula is C14H15ClN2OS. The fraction of sp³-hybridized carbons (Fsp3) is 0.357. The molecule has 0 aliphatic heterocycles. The van der Waals surface area contributed by atoms with Gasteiger partial charge in [-0.2, -0.15) is 0 Å². The number of rotatable bonds is 3. The Morgan fingerprint density at radius 3 is 2.89 bits per heavy atom. The van der Waals surface area contributed by atoms with Gasteiger partial charge in [0, 0.05) is 16.6 Å². The second kappa shape index (κ2) is 4.39. The molecule has 1 heterocycles. The first-order chi connectivity index (χ1) is 9.00. The smallest absolute Gasteiger partial charge is 0.263 e. The monoisotopic (exact) mass is 294 g/mol. The Hall–Kier alpha value is -1.26. The fourth-order valence-electron chi connectivity index (χ4n) is 2.06. The number of hydrogen-bond acceptors (Lipinski definition) is 3. The van der Waals surface area contributed by atoms with Crippen LogP contribution < -0.4 is 11.1 Å². The number of anilines is 1. The van der Waals surface area contributed by atoms with Crippen molar-refractivity contribution in [2.24, 2.45) is 5.41 Å². The summed E-state index contributed by atoms with van der Waals surface area (Å²) >= 11 is 7.53. The molecule has 3 N–H and O–H groups in total. The van der Waals surface area contributed by atoms with Gasteiger partial charge in [-0.25, -0.2) is 0 Å². The van der Waals surface area contributed by atoms with Gasteiger partial charge in [0.2, 0.25) is 0 Å². The van der Waals surface area contributed by atoms with Crippen LogP contribution in [0.15, 0.2) is 18.2 Å². The van der Waals surface area contributed by atoms with E-state index < -0.39 is 0 Å². The van der Waals surface area contributed by atoms with Crippen molar-refractivity contribution in [1.29, 1.82) is 0 Å². The average molecular weight is 295 g/mol. The number of carbonyl (C=O) groups is 1. The molecule has 0 saturated heterocycles. The van der Waals surface area contributed by atoms with Gasteiger partial charge >= 0.3 is 0 Å². The first-order valence-corrected chi connectivity index (χ1v) is 7.44. The minimum atomic E-state index is -0.0945. The second-order valence-corrected chi connectivity index (χ2v) is 6.91. The van der Waals surface area contributed by atoms with Crippen molar-refractivity contribution in [2.45, 2.75) is 19.8 Å². The van der Waals surface area contributed by atoms with Gasteiger partial charge in [-0.3, -0.25) is 4.79 Å². The molecule has 1 aliphatic rings. The Labute approximate surface area is 120 Å². The Balaban J connectivity index is 1.89. The Morgan fingerprint density at radius 2 is 2.26 bits per heavy atom. The molecular weight excluding hydrogens is 280 g/mol. The van der Waals surface area contributed by atoms with E-state index in [0.29, 0.717) is 27.5 Å². The predicted octanol–water partition coefficient (Wildman–Crippen LogP) is 3.67. The average Bonchev–Trinajstić information content (AvgIpc) is 3.01. The Kier molecular flexibility index (Phi) is 2.95. The Morgan fingerprint density at radius 1 is 1.53 bits per heavy atom. The maximum absolute atomic E-state index is 12.2. The number of nitrogens with one attached hydrogen (secondary N) is 1. The number of thiophene rings is 1. The van der Waals surface area contributed by atoms with Gasteiger partial charge < -0.3 is 11.1 Å². The number of amides is 1. The molecule has 1 aromatic carbocycles. The van der Waals surface area contributed by atoms with E-state index in [1.54, 1.807) is 6.07 Å². The third kappa shape index (κ3) is 2.30. The summed E-state index contributed by atoms with van der Waals surface area (Å²) in [5.74, 6) is -0.0945. The van der Waals surface area contributed by atoms with Gasteiger partial charge in [0.15, 0.2) is 0 Å². The zero-order valence-corrected chi connectivity index (χ0v) is 12.2. The maximum Gasteiger partial charge on any atom is 0.263 e. The zero-order valence-electron chi connectivity index (χ0n) is 10.6. The molecule has 0 bridgehead atoms. The number of fused-ring (bicyclic) bond motifs is 1. The maximum atomic E-state index is 12.2. The first-order valence-electron chi connectivity index (χ1n) is 6.25. The molecule has 1 amide bonds. The van der Waals surface area contributed by atoms with Gasteiger partial charge in [-0.05, 0) is 30.4 Å². The van der Waals surface area contributed by atoms with Crippen LogP contribution in [-0.4, -0.2) is 12.5 Å². The molecule has 1 saturated carbocycles. The van der Waals surface area contributed by atoms with E-state index >= 15 is 0 Å². The van der Waals surface area contributed by atoms with Gasteiger partial charge in [0.05, 0.1) is 10.7 Å². The van der Waals surface area contributed by atoms with E-state index in [0.717, 1.165) is 10.1 Å². The van der Waals surface area contributed by atoms with Crippen LogP contribution in [0.4, 0.5) is 5.69 Å². The summed E-state index contributed by atoms with van der Waals surface area (Å²) in [5, 5.41) is 4.36. The third-order valence-corrected chi connectivity index (χ3v) is 5.17. The lowest BCUT2D eigenvalue weighted by atomic mass is 10.1. The van der Waals surface area contributed by atoms with Gasteiger partial charge in [-0.15, -0.1) is 11.3 Å². The molecule has 3 nitrogen and oxygen atoms in total. The van der Waals surface area contributed by atoms with Crippen molar-refractivity contribution in [2.75, 3.05) is 12.3 Å². The van der Waals surface area contributed by atoms with Gasteiger partial charge in [-0.1, -0.05) is 24.6 Å². The van der Waals surface area contributed by atoms with Crippen LogP contribution in [-0.2, 0) is 0 Å². The standard InChI is InChI=1S/C14H15ClN2OS/c1-14(5-6-14)7-17-13(18)12-11(16)10-8(15)3-2-4-9(10)19-12/h2-4H,5-7,16H2,1H3,(H,17,18). The molecule has 100 valence electrons. The summed E-state index contributed by atoms with van der Waals surface area (Å²) in [5.41, 5.74) is 6.84. The highest BCUT2D eigenvalue weighted by Gasteiger charge is 2.37. The molecule has 1 aromatic heterocycles. The number of benzene rings is 1. The van der Waals surface area contributed by atoms with Crippen LogP contribution in [0.3, 0.4) is 0 Å². The van der Waals surface area contributed by atoms with Crippen LogP contribution in [0.1, 0.15) is 29.4 Å².